The Morgan fingerprint density at radius 1 is 1.10 bits per heavy atom. The predicted molar refractivity (Wildman–Crippen MR) is 83.4 cm³/mol. The molecule has 0 radical (unpaired) electrons. The number of benzene rings is 2. The fraction of sp³-hybridized carbons (Fsp3) is 0.389. The molecule has 20 heavy (non-hydrogen) atoms. The summed E-state index contributed by atoms with van der Waals surface area (Å²) in [5.74, 6) is 1.25. The number of Topliss-reactive ketones (excluding diaryl/α,β-unsaturated/α-hetero) is 1. The Bertz CT molecular complexity index is 616. The van der Waals surface area contributed by atoms with Gasteiger partial charge >= 0.3 is 0 Å². The number of hydrogen-bond acceptors (Lipinski definition) is 2. The zero-order chi connectivity index (χ0) is 14.7. The zero-order valence-electron chi connectivity index (χ0n) is 12.6. The lowest BCUT2D eigenvalue weighted by atomic mass is 9.87. The number of methoxy groups -OCH3 is 1. The first-order valence-corrected chi connectivity index (χ1v) is 7.18. The van der Waals surface area contributed by atoms with Crippen LogP contribution in [0.4, 0.5) is 0 Å². The van der Waals surface area contributed by atoms with Gasteiger partial charge in [0, 0.05) is 11.8 Å². The molecule has 0 saturated carbocycles. The lowest BCUT2D eigenvalue weighted by Crippen LogP contribution is -2.17. The van der Waals surface area contributed by atoms with E-state index in [9.17, 15) is 4.79 Å². The van der Waals surface area contributed by atoms with E-state index in [2.05, 4.69) is 19.1 Å². The Balaban J connectivity index is 2.34. The van der Waals surface area contributed by atoms with Crippen LogP contribution in [0.2, 0.25) is 0 Å². The topological polar surface area (TPSA) is 26.3 Å². The third-order valence-corrected chi connectivity index (χ3v) is 4.10. The molecule has 2 rings (SSSR count). The molecule has 2 aromatic carbocycles. The minimum atomic E-state index is -0.0450. The molecule has 106 valence electrons. The Morgan fingerprint density at radius 3 is 2.40 bits per heavy atom. The van der Waals surface area contributed by atoms with Crippen LogP contribution in [-0.4, -0.2) is 12.9 Å². The first-order valence-electron chi connectivity index (χ1n) is 7.18. The molecule has 0 fully saturated rings. The van der Waals surface area contributed by atoms with E-state index in [0.29, 0.717) is 5.78 Å². The summed E-state index contributed by atoms with van der Waals surface area (Å²) in [5.41, 5.74) is 1.09. The van der Waals surface area contributed by atoms with Crippen molar-refractivity contribution < 1.29 is 9.53 Å². The summed E-state index contributed by atoms with van der Waals surface area (Å²) in [5, 5.41) is 2.28. The van der Waals surface area contributed by atoms with Crippen LogP contribution in [0.1, 0.15) is 38.7 Å². The SMILES string of the molecule is CC[C@H](C)C(=O)[C@@H](C)c1ccc2cc(OC)ccc2c1. The Labute approximate surface area is 120 Å². The van der Waals surface area contributed by atoms with Gasteiger partial charge in [-0.05, 0) is 34.9 Å². The Kier molecular flexibility index (Phi) is 4.43. The highest BCUT2D eigenvalue weighted by molar-refractivity contribution is 5.90. The van der Waals surface area contributed by atoms with Gasteiger partial charge in [-0.2, -0.15) is 0 Å². The van der Waals surface area contributed by atoms with Crippen LogP contribution in [0.15, 0.2) is 36.4 Å². The van der Waals surface area contributed by atoms with E-state index < -0.39 is 0 Å². The van der Waals surface area contributed by atoms with Crippen molar-refractivity contribution in [2.24, 2.45) is 5.92 Å². The maximum Gasteiger partial charge on any atom is 0.142 e. The summed E-state index contributed by atoms with van der Waals surface area (Å²) in [4.78, 5) is 12.3. The van der Waals surface area contributed by atoms with Gasteiger partial charge in [0.05, 0.1) is 7.11 Å². The summed E-state index contributed by atoms with van der Waals surface area (Å²) in [6.07, 6.45) is 0.897. The first-order chi connectivity index (χ1) is 9.56. The molecular weight excluding hydrogens is 248 g/mol. The summed E-state index contributed by atoms with van der Waals surface area (Å²) in [6, 6.07) is 12.2. The molecule has 0 saturated heterocycles. The Hall–Kier alpha value is -1.83. The third kappa shape index (κ3) is 2.84. The van der Waals surface area contributed by atoms with E-state index in [1.54, 1.807) is 7.11 Å². The van der Waals surface area contributed by atoms with Crippen molar-refractivity contribution >= 4 is 16.6 Å². The second-order valence-corrected chi connectivity index (χ2v) is 5.41. The van der Waals surface area contributed by atoms with Crippen LogP contribution in [0, 0.1) is 5.92 Å². The van der Waals surface area contributed by atoms with Gasteiger partial charge in [-0.15, -0.1) is 0 Å². The molecule has 0 aliphatic rings. The van der Waals surface area contributed by atoms with Crippen molar-refractivity contribution in [2.45, 2.75) is 33.1 Å². The third-order valence-electron chi connectivity index (χ3n) is 4.10. The van der Waals surface area contributed by atoms with Gasteiger partial charge in [-0.3, -0.25) is 4.79 Å². The quantitative estimate of drug-likeness (QED) is 0.795. The highest BCUT2D eigenvalue weighted by atomic mass is 16.5. The fourth-order valence-corrected chi connectivity index (χ4v) is 2.43. The number of ether oxygens (including phenoxy) is 1. The van der Waals surface area contributed by atoms with Gasteiger partial charge in [0.2, 0.25) is 0 Å². The summed E-state index contributed by atoms with van der Waals surface area (Å²) >= 11 is 0. The molecule has 0 bridgehead atoms. The molecule has 0 N–H and O–H groups in total. The maximum absolute atomic E-state index is 12.3. The number of hydrogen-bond donors (Lipinski definition) is 0. The van der Waals surface area contributed by atoms with Crippen molar-refractivity contribution in [3.05, 3.63) is 42.0 Å². The monoisotopic (exact) mass is 270 g/mol. The highest BCUT2D eigenvalue weighted by Gasteiger charge is 2.20. The zero-order valence-corrected chi connectivity index (χ0v) is 12.6. The summed E-state index contributed by atoms with van der Waals surface area (Å²) < 4.78 is 5.23. The van der Waals surface area contributed by atoms with Crippen molar-refractivity contribution in [3.8, 4) is 5.75 Å². The molecule has 0 aliphatic heterocycles. The molecule has 0 aromatic heterocycles. The molecule has 0 amide bonds. The standard InChI is InChI=1S/C18H22O2/c1-5-12(2)18(19)13(3)14-6-7-16-11-17(20-4)9-8-15(16)10-14/h6-13H,5H2,1-4H3/t12-,13-/m0/s1. The number of ketones is 1. The molecule has 2 heteroatoms. The van der Waals surface area contributed by atoms with Crippen LogP contribution < -0.4 is 4.74 Å². The van der Waals surface area contributed by atoms with Crippen molar-refractivity contribution in [1.29, 1.82) is 0 Å². The van der Waals surface area contributed by atoms with E-state index in [1.807, 2.05) is 38.1 Å². The number of carbonyl (C=O) groups excluding carboxylic acids is 1. The maximum atomic E-state index is 12.3. The van der Waals surface area contributed by atoms with Gasteiger partial charge < -0.3 is 4.74 Å². The first kappa shape index (κ1) is 14.6. The average Bonchev–Trinajstić information content (AvgIpc) is 2.51. The molecule has 2 nitrogen and oxygen atoms in total. The van der Waals surface area contributed by atoms with E-state index >= 15 is 0 Å². The van der Waals surface area contributed by atoms with Gasteiger partial charge in [0.15, 0.2) is 0 Å². The molecule has 0 spiro atoms. The molecular formula is C18H22O2. The number of carbonyl (C=O) groups is 1. The van der Waals surface area contributed by atoms with Crippen molar-refractivity contribution in [1.82, 2.24) is 0 Å². The van der Waals surface area contributed by atoms with Crippen LogP contribution in [0.3, 0.4) is 0 Å². The second-order valence-electron chi connectivity index (χ2n) is 5.41. The molecule has 2 atom stereocenters. The molecule has 0 aliphatic carbocycles. The minimum Gasteiger partial charge on any atom is -0.497 e. The van der Waals surface area contributed by atoms with E-state index in [0.717, 1.165) is 28.5 Å². The van der Waals surface area contributed by atoms with E-state index in [4.69, 9.17) is 4.74 Å². The normalized spacial score (nSPS) is 14.0. The Morgan fingerprint density at radius 2 is 1.75 bits per heavy atom. The van der Waals surface area contributed by atoms with Gasteiger partial charge in [0.25, 0.3) is 0 Å². The largest absolute Gasteiger partial charge is 0.497 e. The fourth-order valence-electron chi connectivity index (χ4n) is 2.43. The van der Waals surface area contributed by atoms with Crippen LogP contribution >= 0.6 is 0 Å². The lowest BCUT2D eigenvalue weighted by Gasteiger charge is -2.16. The van der Waals surface area contributed by atoms with Gasteiger partial charge in [-0.1, -0.05) is 45.0 Å². The molecule has 2 aromatic rings. The summed E-state index contributed by atoms with van der Waals surface area (Å²) in [6.45, 7) is 6.06. The van der Waals surface area contributed by atoms with E-state index in [-0.39, 0.29) is 11.8 Å². The molecule has 0 heterocycles. The minimum absolute atomic E-state index is 0.0450. The number of fused-ring (bicyclic) bond motifs is 1. The predicted octanol–water partition coefficient (Wildman–Crippen LogP) is 4.57. The average molecular weight is 270 g/mol. The lowest BCUT2D eigenvalue weighted by molar-refractivity contribution is -0.123. The second kappa shape index (κ2) is 6.08. The van der Waals surface area contributed by atoms with Crippen LogP contribution in [-0.2, 0) is 4.79 Å². The van der Waals surface area contributed by atoms with E-state index in [1.165, 1.54) is 0 Å². The van der Waals surface area contributed by atoms with Crippen LogP contribution in [0.25, 0.3) is 10.8 Å². The van der Waals surface area contributed by atoms with Crippen molar-refractivity contribution in [2.75, 3.05) is 7.11 Å². The number of rotatable bonds is 5. The van der Waals surface area contributed by atoms with Gasteiger partial charge in [0.1, 0.15) is 11.5 Å². The highest BCUT2D eigenvalue weighted by Crippen LogP contribution is 2.27. The summed E-state index contributed by atoms with van der Waals surface area (Å²) in [7, 11) is 1.67. The molecule has 0 unspecified atom stereocenters. The smallest absolute Gasteiger partial charge is 0.142 e. The van der Waals surface area contributed by atoms with Crippen molar-refractivity contribution in [3.63, 3.8) is 0 Å². The van der Waals surface area contributed by atoms with Gasteiger partial charge in [-0.25, -0.2) is 0 Å². The van der Waals surface area contributed by atoms with Crippen LogP contribution in [0.5, 0.6) is 5.75 Å².